The third kappa shape index (κ3) is 13.1. The Morgan fingerprint density at radius 3 is 2.32 bits per heavy atom. The summed E-state index contributed by atoms with van der Waals surface area (Å²) >= 11 is 4.19. The second-order valence-corrected chi connectivity index (χ2v) is 11.1. The standard InChI is InChI=1S/C22H34N2OS.C5H13N.CH4O/c25-22(12-15-26)23-21(16-18-6-2-1-3-7-18)11-14-24-13-10-19-8-4-5-9-20(19)17-24;1-5(2,3)6-4;1-2/h1-3,6-7,19-21,26H,4-5,8-17H2,(H,23,25);6H,1-4H3;2H,1H3/t19-,20+,21+;;/m0../s1. The third-order valence-corrected chi connectivity index (χ3v) is 7.17. The van der Waals surface area contributed by atoms with Gasteiger partial charge in [-0.05, 0) is 83.2 Å². The molecule has 1 amide bonds. The Bertz CT molecular complexity index is 651. The first kappa shape index (κ1) is 31.0. The summed E-state index contributed by atoms with van der Waals surface area (Å²) in [4.78, 5) is 14.8. The van der Waals surface area contributed by atoms with E-state index in [1.54, 1.807) is 0 Å². The molecular formula is C28H51N3O2S. The molecule has 0 unspecified atom stereocenters. The number of nitrogens with zero attached hydrogens (tertiary/aromatic N) is 1. The second-order valence-electron chi connectivity index (χ2n) is 10.6. The van der Waals surface area contributed by atoms with Crippen molar-refractivity contribution in [1.29, 1.82) is 0 Å². The van der Waals surface area contributed by atoms with Crippen molar-refractivity contribution in [2.45, 2.75) is 83.7 Å². The molecule has 2 fully saturated rings. The molecule has 1 saturated heterocycles. The van der Waals surface area contributed by atoms with Crippen molar-refractivity contribution in [1.82, 2.24) is 15.5 Å². The van der Waals surface area contributed by atoms with E-state index >= 15 is 0 Å². The number of carbonyl (C=O) groups is 1. The van der Waals surface area contributed by atoms with Crippen LogP contribution in [-0.4, -0.2) is 67.0 Å². The van der Waals surface area contributed by atoms with E-state index in [2.05, 4.69) is 73.2 Å². The van der Waals surface area contributed by atoms with Crippen molar-refractivity contribution in [2.75, 3.05) is 39.5 Å². The molecule has 6 heteroatoms. The van der Waals surface area contributed by atoms with Gasteiger partial charge in [0, 0.05) is 38.2 Å². The monoisotopic (exact) mass is 493 g/mol. The van der Waals surface area contributed by atoms with E-state index in [0.29, 0.717) is 17.7 Å². The predicted molar refractivity (Wildman–Crippen MR) is 149 cm³/mol. The highest BCUT2D eigenvalue weighted by atomic mass is 32.1. The number of aliphatic hydroxyl groups is 1. The van der Waals surface area contributed by atoms with Crippen LogP contribution in [0.4, 0.5) is 0 Å². The van der Waals surface area contributed by atoms with Crippen molar-refractivity contribution in [3.05, 3.63) is 35.9 Å². The van der Waals surface area contributed by atoms with Gasteiger partial charge >= 0.3 is 0 Å². The van der Waals surface area contributed by atoms with Gasteiger partial charge in [0.15, 0.2) is 0 Å². The molecule has 0 bridgehead atoms. The maximum atomic E-state index is 12.1. The minimum absolute atomic E-state index is 0.131. The van der Waals surface area contributed by atoms with Crippen LogP contribution in [0.25, 0.3) is 0 Å². The first-order chi connectivity index (χ1) is 16.3. The summed E-state index contributed by atoms with van der Waals surface area (Å²) in [5.41, 5.74) is 1.59. The normalized spacial score (nSPS) is 21.1. The molecule has 0 spiro atoms. The lowest BCUT2D eigenvalue weighted by Gasteiger charge is -2.41. The Kier molecular flexibility index (Phi) is 15.8. The molecule has 3 N–H and O–H groups in total. The van der Waals surface area contributed by atoms with Crippen molar-refractivity contribution in [3.8, 4) is 0 Å². The number of piperidine rings is 1. The number of benzene rings is 1. The average molecular weight is 494 g/mol. The lowest BCUT2D eigenvalue weighted by atomic mass is 9.75. The Hall–Kier alpha value is -1.08. The van der Waals surface area contributed by atoms with Crippen molar-refractivity contribution in [2.24, 2.45) is 11.8 Å². The van der Waals surface area contributed by atoms with E-state index in [4.69, 9.17) is 5.11 Å². The summed E-state index contributed by atoms with van der Waals surface area (Å²) in [6.45, 7) is 10.0. The first-order valence-electron chi connectivity index (χ1n) is 13.1. The number of thiol groups is 1. The van der Waals surface area contributed by atoms with E-state index in [1.807, 2.05) is 13.1 Å². The zero-order valence-electron chi connectivity index (χ0n) is 22.4. The summed E-state index contributed by atoms with van der Waals surface area (Å²) < 4.78 is 0. The molecular weight excluding hydrogens is 442 g/mol. The Balaban J connectivity index is 0.000000631. The molecule has 0 radical (unpaired) electrons. The van der Waals surface area contributed by atoms with E-state index in [9.17, 15) is 4.79 Å². The number of amides is 1. The molecule has 2 aliphatic rings. The maximum absolute atomic E-state index is 12.1. The highest BCUT2D eigenvalue weighted by molar-refractivity contribution is 7.80. The van der Waals surface area contributed by atoms with Crippen LogP contribution in [-0.2, 0) is 11.2 Å². The number of likely N-dealkylation sites (tertiary alicyclic amines) is 1. The fourth-order valence-corrected chi connectivity index (χ4v) is 4.95. The van der Waals surface area contributed by atoms with Crippen LogP contribution in [0.15, 0.2) is 30.3 Å². The zero-order valence-corrected chi connectivity index (χ0v) is 23.2. The molecule has 196 valence electrons. The SMILES string of the molecule is CNC(C)(C)C.CO.O=C(CCS)N[C@H](CCN1CC[C@@H]2CCCC[C@@H]2C1)Cc1ccccc1. The quantitative estimate of drug-likeness (QED) is 0.401. The molecule has 3 rings (SSSR count). The van der Waals surface area contributed by atoms with Gasteiger partial charge in [0.2, 0.25) is 5.91 Å². The molecule has 34 heavy (non-hydrogen) atoms. The van der Waals surface area contributed by atoms with Crippen molar-refractivity contribution < 1.29 is 9.90 Å². The molecule has 0 aromatic heterocycles. The Morgan fingerprint density at radius 2 is 1.74 bits per heavy atom. The maximum Gasteiger partial charge on any atom is 0.221 e. The molecule has 1 aromatic rings. The smallest absolute Gasteiger partial charge is 0.221 e. The van der Waals surface area contributed by atoms with Crippen LogP contribution in [0.5, 0.6) is 0 Å². The highest BCUT2D eigenvalue weighted by Gasteiger charge is 2.31. The van der Waals surface area contributed by atoms with Crippen LogP contribution in [0.3, 0.4) is 0 Å². The Labute approximate surface area is 214 Å². The van der Waals surface area contributed by atoms with Gasteiger partial charge in [-0.2, -0.15) is 12.6 Å². The minimum atomic E-state index is 0.131. The summed E-state index contributed by atoms with van der Waals surface area (Å²) in [6, 6.07) is 10.7. The molecule has 1 aromatic carbocycles. The largest absolute Gasteiger partial charge is 0.400 e. The van der Waals surface area contributed by atoms with E-state index in [1.165, 1.54) is 50.8 Å². The summed E-state index contributed by atoms with van der Waals surface area (Å²) in [6.07, 6.45) is 9.57. The summed E-state index contributed by atoms with van der Waals surface area (Å²) in [7, 11) is 2.96. The van der Waals surface area contributed by atoms with Crippen LogP contribution in [0.1, 0.15) is 71.3 Å². The third-order valence-electron chi connectivity index (χ3n) is 6.95. The number of nitrogens with one attached hydrogen (secondary N) is 2. The molecule has 3 atom stereocenters. The molecule has 1 aliphatic carbocycles. The molecule has 1 saturated carbocycles. The van der Waals surface area contributed by atoms with Gasteiger partial charge in [0.05, 0.1) is 0 Å². The number of hydrogen-bond acceptors (Lipinski definition) is 5. The van der Waals surface area contributed by atoms with Crippen LogP contribution in [0.2, 0.25) is 0 Å². The van der Waals surface area contributed by atoms with Crippen molar-refractivity contribution in [3.63, 3.8) is 0 Å². The fourth-order valence-electron chi connectivity index (χ4n) is 4.74. The molecule has 5 nitrogen and oxygen atoms in total. The van der Waals surface area contributed by atoms with Gasteiger partial charge in [-0.25, -0.2) is 0 Å². The molecule has 1 aliphatic heterocycles. The lowest BCUT2D eigenvalue weighted by molar-refractivity contribution is -0.121. The second kappa shape index (κ2) is 17.4. The van der Waals surface area contributed by atoms with Crippen LogP contribution in [0, 0.1) is 11.8 Å². The fraction of sp³-hybridized carbons (Fsp3) is 0.750. The van der Waals surface area contributed by atoms with Crippen molar-refractivity contribution >= 4 is 18.5 Å². The first-order valence-corrected chi connectivity index (χ1v) is 13.7. The minimum Gasteiger partial charge on any atom is -0.400 e. The zero-order chi connectivity index (χ0) is 25.4. The molecule has 1 heterocycles. The average Bonchev–Trinajstić information content (AvgIpc) is 2.84. The van der Waals surface area contributed by atoms with Gasteiger partial charge in [0.25, 0.3) is 0 Å². The number of rotatable bonds is 8. The van der Waals surface area contributed by atoms with Gasteiger partial charge in [0.1, 0.15) is 0 Å². The predicted octanol–water partition coefficient (Wildman–Crippen LogP) is 4.55. The summed E-state index contributed by atoms with van der Waals surface area (Å²) in [5.74, 6) is 2.64. The Morgan fingerprint density at radius 1 is 1.12 bits per heavy atom. The van der Waals surface area contributed by atoms with E-state index in [-0.39, 0.29) is 11.9 Å². The van der Waals surface area contributed by atoms with Gasteiger partial charge in [-0.1, -0.05) is 49.6 Å². The highest BCUT2D eigenvalue weighted by Crippen LogP contribution is 2.36. The number of fused-ring (bicyclic) bond motifs is 1. The van der Waals surface area contributed by atoms with Gasteiger partial charge in [-0.3, -0.25) is 4.79 Å². The summed E-state index contributed by atoms with van der Waals surface area (Å²) in [5, 5.41) is 13.4. The van der Waals surface area contributed by atoms with Crippen LogP contribution >= 0.6 is 12.6 Å². The number of carbonyl (C=O) groups excluding carboxylic acids is 1. The van der Waals surface area contributed by atoms with Gasteiger partial charge in [-0.15, -0.1) is 0 Å². The van der Waals surface area contributed by atoms with E-state index in [0.717, 1.165) is 38.3 Å². The lowest BCUT2D eigenvalue weighted by Crippen LogP contribution is -2.44. The topological polar surface area (TPSA) is 64.6 Å². The van der Waals surface area contributed by atoms with Gasteiger partial charge < -0.3 is 20.6 Å². The number of hydrogen-bond donors (Lipinski definition) is 4. The van der Waals surface area contributed by atoms with Crippen LogP contribution < -0.4 is 10.6 Å². The number of aliphatic hydroxyl groups excluding tert-OH is 1. The van der Waals surface area contributed by atoms with E-state index < -0.39 is 0 Å².